The maximum atomic E-state index is 5.68. The topological polar surface area (TPSA) is 30.5 Å². The first-order valence-electron chi connectivity index (χ1n) is 8.26. The summed E-state index contributed by atoms with van der Waals surface area (Å²) < 4.78 is 11.3. The van der Waals surface area contributed by atoms with Crippen LogP contribution in [0.2, 0.25) is 0 Å². The van der Waals surface area contributed by atoms with Crippen LogP contribution >= 0.6 is 0 Å². The SMILES string of the molecule is CCCNCc1ccc(OCCOCC(C)CCC)cc1. The molecule has 0 spiro atoms. The van der Waals surface area contributed by atoms with Crippen molar-refractivity contribution in [2.75, 3.05) is 26.4 Å². The minimum atomic E-state index is 0.617. The number of benzene rings is 1. The molecule has 1 N–H and O–H groups in total. The maximum absolute atomic E-state index is 5.68. The van der Waals surface area contributed by atoms with E-state index >= 15 is 0 Å². The van der Waals surface area contributed by atoms with Crippen LogP contribution in [0.15, 0.2) is 24.3 Å². The fourth-order valence-electron chi connectivity index (χ4n) is 2.19. The van der Waals surface area contributed by atoms with Crippen LogP contribution in [0.25, 0.3) is 0 Å². The molecule has 3 nitrogen and oxygen atoms in total. The number of ether oxygens (including phenoxy) is 2. The summed E-state index contributed by atoms with van der Waals surface area (Å²) in [6.07, 6.45) is 3.62. The molecule has 0 aromatic heterocycles. The highest BCUT2D eigenvalue weighted by Crippen LogP contribution is 2.12. The molecule has 0 amide bonds. The third-order valence-electron chi connectivity index (χ3n) is 3.36. The molecule has 0 saturated carbocycles. The van der Waals surface area contributed by atoms with Gasteiger partial charge in [-0.2, -0.15) is 0 Å². The van der Waals surface area contributed by atoms with Crippen LogP contribution in [0.4, 0.5) is 0 Å². The molecule has 1 unspecified atom stereocenters. The van der Waals surface area contributed by atoms with E-state index in [4.69, 9.17) is 9.47 Å². The average Bonchev–Trinajstić information content (AvgIpc) is 2.49. The van der Waals surface area contributed by atoms with E-state index in [1.165, 1.54) is 18.4 Å². The van der Waals surface area contributed by atoms with E-state index in [2.05, 4.69) is 38.2 Å². The highest BCUT2D eigenvalue weighted by Gasteiger charge is 2.00. The molecule has 0 radical (unpaired) electrons. The molecule has 0 saturated heterocycles. The number of rotatable bonds is 12. The number of hydrogen-bond donors (Lipinski definition) is 1. The fraction of sp³-hybridized carbons (Fsp3) is 0.667. The van der Waals surface area contributed by atoms with E-state index in [-0.39, 0.29) is 0 Å². The van der Waals surface area contributed by atoms with Crippen molar-refractivity contribution >= 4 is 0 Å². The molecular formula is C18H31NO2. The summed E-state index contributed by atoms with van der Waals surface area (Å²) in [7, 11) is 0. The lowest BCUT2D eigenvalue weighted by Crippen LogP contribution is -2.13. The first kappa shape index (κ1) is 18.0. The average molecular weight is 293 g/mol. The molecule has 0 aliphatic carbocycles. The smallest absolute Gasteiger partial charge is 0.119 e. The summed E-state index contributed by atoms with van der Waals surface area (Å²) in [5.41, 5.74) is 1.29. The van der Waals surface area contributed by atoms with Crippen molar-refractivity contribution in [3.05, 3.63) is 29.8 Å². The lowest BCUT2D eigenvalue weighted by atomic mass is 10.1. The minimum Gasteiger partial charge on any atom is -0.491 e. The zero-order valence-corrected chi connectivity index (χ0v) is 13.9. The predicted octanol–water partition coefficient (Wildman–Crippen LogP) is 4.02. The molecule has 1 rings (SSSR count). The van der Waals surface area contributed by atoms with Crippen LogP contribution in [0.1, 0.15) is 45.6 Å². The van der Waals surface area contributed by atoms with Gasteiger partial charge in [-0.3, -0.25) is 0 Å². The van der Waals surface area contributed by atoms with Gasteiger partial charge in [0.25, 0.3) is 0 Å². The predicted molar refractivity (Wildman–Crippen MR) is 88.8 cm³/mol. The van der Waals surface area contributed by atoms with E-state index in [1.54, 1.807) is 0 Å². The first-order chi connectivity index (χ1) is 10.3. The Morgan fingerprint density at radius 3 is 2.48 bits per heavy atom. The molecular weight excluding hydrogens is 262 g/mol. The molecule has 21 heavy (non-hydrogen) atoms. The lowest BCUT2D eigenvalue weighted by Gasteiger charge is -2.11. The summed E-state index contributed by atoms with van der Waals surface area (Å²) in [6, 6.07) is 8.29. The maximum Gasteiger partial charge on any atom is 0.119 e. The third kappa shape index (κ3) is 8.74. The van der Waals surface area contributed by atoms with Crippen LogP contribution in [-0.4, -0.2) is 26.4 Å². The second kappa shape index (κ2) is 11.6. The van der Waals surface area contributed by atoms with E-state index in [9.17, 15) is 0 Å². The van der Waals surface area contributed by atoms with Gasteiger partial charge in [0.1, 0.15) is 12.4 Å². The summed E-state index contributed by atoms with van der Waals surface area (Å²) in [6.45, 7) is 10.7. The highest BCUT2D eigenvalue weighted by molar-refractivity contribution is 5.27. The van der Waals surface area contributed by atoms with E-state index in [0.29, 0.717) is 19.1 Å². The number of nitrogens with one attached hydrogen (secondary N) is 1. The Balaban J connectivity index is 2.12. The molecule has 0 heterocycles. The van der Waals surface area contributed by atoms with Gasteiger partial charge in [-0.25, -0.2) is 0 Å². The van der Waals surface area contributed by atoms with Crippen molar-refractivity contribution < 1.29 is 9.47 Å². The standard InChI is InChI=1S/C18H31NO2/c1-4-6-16(3)15-20-12-13-21-18-9-7-17(8-10-18)14-19-11-5-2/h7-10,16,19H,4-6,11-15H2,1-3H3. The van der Waals surface area contributed by atoms with Gasteiger partial charge in [0.2, 0.25) is 0 Å². The summed E-state index contributed by atoms with van der Waals surface area (Å²) >= 11 is 0. The Morgan fingerprint density at radius 2 is 1.81 bits per heavy atom. The minimum absolute atomic E-state index is 0.617. The largest absolute Gasteiger partial charge is 0.491 e. The van der Waals surface area contributed by atoms with Crippen LogP contribution < -0.4 is 10.1 Å². The Kier molecular flexibility index (Phi) is 9.92. The summed E-state index contributed by atoms with van der Waals surface area (Å²) in [4.78, 5) is 0. The van der Waals surface area contributed by atoms with Gasteiger partial charge in [-0.1, -0.05) is 39.3 Å². The Hall–Kier alpha value is -1.06. The van der Waals surface area contributed by atoms with Gasteiger partial charge in [-0.15, -0.1) is 0 Å². The van der Waals surface area contributed by atoms with Gasteiger partial charge in [0, 0.05) is 13.2 Å². The van der Waals surface area contributed by atoms with Gasteiger partial charge >= 0.3 is 0 Å². The Morgan fingerprint density at radius 1 is 1.05 bits per heavy atom. The Labute approximate surface area is 130 Å². The molecule has 0 aliphatic rings. The van der Waals surface area contributed by atoms with E-state index in [0.717, 1.165) is 31.9 Å². The van der Waals surface area contributed by atoms with Gasteiger partial charge in [0.15, 0.2) is 0 Å². The molecule has 3 heteroatoms. The molecule has 1 aromatic rings. The molecule has 120 valence electrons. The van der Waals surface area contributed by atoms with Crippen LogP contribution in [0.3, 0.4) is 0 Å². The van der Waals surface area contributed by atoms with Crippen LogP contribution in [0.5, 0.6) is 5.75 Å². The van der Waals surface area contributed by atoms with Crippen molar-refractivity contribution in [2.45, 2.75) is 46.6 Å². The van der Waals surface area contributed by atoms with Crippen molar-refractivity contribution in [1.82, 2.24) is 5.32 Å². The monoisotopic (exact) mass is 293 g/mol. The van der Waals surface area contributed by atoms with E-state index in [1.807, 2.05) is 12.1 Å². The van der Waals surface area contributed by atoms with Crippen molar-refractivity contribution in [3.63, 3.8) is 0 Å². The Bertz CT molecular complexity index is 351. The molecule has 0 aliphatic heterocycles. The normalized spacial score (nSPS) is 12.3. The third-order valence-corrected chi connectivity index (χ3v) is 3.36. The molecule has 1 aromatic carbocycles. The first-order valence-corrected chi connectivity index (χ1v) is 8.26. The van der Waals surface area contributed by atoms with Crippen molar-refractivity contribution in [1.29, 1.82) is 0 Å². The second-order valence-corrected chi connectivity index (χ2v) is 5.64. The zero-order valence-electron chi connectivity index (χ0n) is 13.9. The lowest BCUT2D eigenvalue weighted by molar-refractivity contribution is 0.0758. The summed E-state index contributed by atoms with van der Waals surface area (Å²) in [5.74, 6) is 1.56. The van der Waals surface area contributed by atoms with Gasteiger partial charge in [-0.05, 0) is 43.0 Å². The second-order valence-electron chi connectivity index (χ2n) is 5.64. The fourth-order valence-corrected chi connectivity index (χ4v) is 2.19. The quantitative estimate of drug-likeness (QED) is 0.590. The molecule has 1 atom stereocenters. The van der Waals surface area contributed by atoms with Crippen molar-refractivity contribution in [3.8, 4) is 5.75 Å². The molecule has 0 bridgehead atoms. The van der Waals surface area contributed by atoms with Gasteiger partial charge < -0.3 is 14.8 Å². The zero-order chi connectivity index (χ0) is 15.3. The summed E-state index contributed by atoms with van der Waals surface area (Å²) in [5, 5.41) is 3.39. The van der Waals surface area contributed by atoms with E-state index < -0.39 is 0 Å². The van der Waals surface area contributed by atoms with Crippen LogP contribution in [0, 0.1) is 5.92 Å². The highest BCUT2D eigenvalue weighted by atomic mass is 16.5. The van der Waals surface area contributed by atoms with Crippen molar-refractivity contribution in [2.24, 2.45) is 5.92 Å². The number of hydrogen-bond acceptors (Lipinski definition) is 3. The van der Waals surface area contributed by atoms with Gasteiger partial charge in [0.05, 0.1) is 6.61 Å². The van der Waals surface area contributed by atoms with Crippen LogP contribution in [-0.2, 0) is 11.3 Å². The molecule has 0 fully saturated rings.